The van der Waals surface area contributed by atoms with Gasteiger partial charge in [-0.05, 0) is 60.6 Å². The number of carbonyl (C=O) groups is 2. The molecule has 0 heterocycles. The molecular weight excluding hydrogens is 546 g/mol. The Balaban J connectivity index is 0.0000160. The molecule has 5 atom stereocenters. The van der Waals surface area contributed by atoms with Gasteiger partial charge in [0, 0.05) is 44.6 Å². The fourth-order valence-corrected chi connectivity index (χ4v) is 4.82. The number of nitrogens with one attached hydrogen (secondary N) is 1. The Morgan fingerprint density at radius 1 is 0.951 bits per heavy atom. The summed E-state index contributed by atoms with van der Waals surface area (Å²) < 4.78 is 16.5. The Morgan fingerprint density at radius 3 is 2.12 bits per heavy atom. The number of hydrogen-bond acceptors (Lipinski definition) is 7. The lowest BCUT2D eigenvalue weighted by molar-refractivity contribution is -0.129. The summed E-state index contributed by atoms with van der Waals surface area (Å²) in [6.07, 6.45) is 1.65. The Hall–Kier alpha value is -2.07. The van der Waals surface area contributed by atoms with E-state index >= 15 is 0 Å². The van der Waals surface area contributed by atoms with Gasteiger partial charge in [-0.3, -0.25) is 9.59 Å². The second-order valence-electron chi connectivity index (χ2n) is 12.0. The highest BCUT2D eigenvalue weighted by Crippen LogP contribution is 2.32. The van der Waals surface area contributed by atoms with Gasteiger partial charge in [-0.1, -0.05) is 47.6 Å². The van der Waals surface area contributed by atoms with Crippen LogP contribution in [-0.2, 0) is 20.7 Å². The van der Waals surface area contributed by atoms with E-state index in [9.17, 15) is 14.7 Å². The van der Waals surface area contributed by atoms with Gasteiger partial charge in [-0.2, -0.15) is 0 Å². The molecule has 9 nitrogen and oxygen atoms in total. The minimum absolute atomic E-state index is 0. The highest BCUT2D eigenvalue weighted by Gasteiger charge is 2.31. The lowest BCUT2D eigenvalue weighted by Gasteiger charge is -2.31. The molecule has 0 saturated carbocycles. The van der Waals surface area contributed by atoms with Gasteiger partial charge in [0.1, 0.15) is 0 Å². The lowest BCUT2D eigenvalue weighted by Crippen LogP contribution is -2.47. The van der Waals surface area contributed by atoms with Gasteiger partial charge in [0.05, 0.1) is 19.8 Å². The maximum atomic E-state index is 13.2. The largest absolute Gasteiger partial charge is 0.493 e. The number of hydrogen-bond donors (Lipinski definition) is 4. The topological polar surface area (TPSA) is 146 Å². The summed E-state index contributed by atoms with van der Waals surface area (Å²) in [4.78, 5) is 24.6. The number of ether oxygens (including phenoxy) is 3. The molecule has 0 bridgehead atoms. The fourth-order valence-electron chi connectivity index (χ4n) is 4.82. The number of carbonyl (C=O) groups excluding carboxylic acids is 2. The van der Waals surface area contributed by atoms with Crippen molar-refractivity contribution in [2.45, 2.75) is 91.8 Å². The molecule has 0 radical (unpaired) electrons. The predicted octanol–water partition coefficient (Wildman–Crippen LogP) is 4.10. The van der Waals surface area contributed by atoms with Crippen molar-refractivity contribution in [3.05, 3.63) is 23.8 Å². The second-order valence-corrected chi connectivity index (χ2v) is 12.0. The number of methoxy groups -OCH3 is 2. The summed E-state index contributed by atoms with van der Waals surface area (Å²) >= 11 is 0. The van der Waals surface area contributed by atoms with E-state index in [0.29, 0.717) is 37.1 Å². The molecule has 10 heteroatoms. The van der Waals surface area contributed by atoms with E-state index in [0.717, 1.165) is 18.4 Å². The molecule has 1 aromatic carbocycles. The maximum Gasteiger partial charge on any atom is 0.223 e. The van der Waals surface area contributed by atoms with Crippen molar-refractivity contribution >= 4 is 24.2 Å². The third-order valence-corrected chi connectivity index (χ3v) is 7.68. The monoisotopic (exact) mass is 601 g/mol. The smallest absolute Gasteiger partial charge is 0.223 e. The average Bonchev–Trinajstić information content (AvgIpc) is 2.88. The van der Waals surface area contributed by atoms with Crippen molar-refractivity contribution < 1.29 is 28.9 Å². The van der Waals surface area contributed by atoms with Gasteiger partial charge in [0.15, 0.2) is 11.5 Å². The first-order valence-corrected chi connectivity index (χ1v) is 14.6. The summed E-state index contributed by atoms with van der Waals surface area (Å²) in [5, 5.41) is 14.1. The van der Waals surface area contributed by atoms with Crippen molar-refractivity contribution in [2.24, 2.45) is 41.1 Å². The Labute approximate surface area is 253 Å². The minimum atomic E-state index is -0.844. The van der Waals surface area contributed by atoms with Gasteiger partial charge in [-0.25, -0.2) is 0 Å². The third-order valence-electron chi connectivity index (χ3n) is 7.68. The van der Waals surface area contributed by atoms with Crippen LogP contribution >= 0.6 is 12.4 Å². The fraction of sp³-hybridized carbons (Fsp3) is 0.742. The highest BCUT2D eigenvalue weighted by molar-refractivity contribution is 5.85. The number of amides is 2. The van der Waals surface area contributed by atoms with Crippen LogP contribution in [0.2, 0.25) is 0 Å². The normalized spacial score (nSPS) is 15.1. The zero-order valence-corrected chi connectivity index (χ0v) is 27.2. The van der Waals surface area contributed by atoms with Gasteiger partial charge in [0.2, 0.25) is 11.8 Å². The molecule has 0 fully saturated rings. The van der Waals surface area contributed by atoms with Gasteiger partial charge >= 0.3 is 0 Å². The molecule has 41 heavy (non-hydrogen) atoms. The summed E-state index contributed by atoms with van der Waals surface area (Å²) in [5.41, 5.74) is 13.0. The number of rotatable bonds is 20. The van der Waals surface area contributed by atoms with E-state index in [2.05, 4.69) is 19.2 Å². The predicted molar refractivity (Wildman–Crippen MR) is 166 cm³/mol. The molecule has 1 rings (SSSR count). The Morgan fingerprint density at radius 2 is 1.61 bits per heavy atom. The van der Waals surface area contributed by atoms with Crippen LogP contribution in [-0.4, -0.2) is 62.5 Å². The lowest BCUT2D eigenvalue weighted by atomic mass is 9.80. The molecule has 0 aliphatic heterocycles. The van der Waals surface area contributed by atoms with Crippen LogP contribution in [0.15, 0.2) is 18.2 Å². The summed E-state index contributed by atoms with van der Waals surface area (Å²) in [5.74, 6) is 0.896. The van der Waals surface area contributed by atoms with Crippen LogP contribution in [0.25, 0.3) is 0 Å². The molecule has 0 aromatic heterocycles. The quantitative estimate of drug-likeness (QED) is 0.165. The number of benzene rings is 1. The first-order valence-electron chi connectivity index (χ1n) is 14.6. The standard InChI is InChI=1S/C31H55N3O6.ClH/c1-19(2)23(14-22-10-11-28(39-8)29(15-22)40-13-9-12-38-7)16-25(32)27(35)17-24(20(3)4)31(37)34-26(21(5)6)18-30(33)36;/h10-11,15,19-21,23-27,35H,9,12-14,16-18,32H2,1-8H3,(H2,33,36)(H,34,37);1H/t23-,24-,25-,26+,27-;/m0./s1. The van der Waals surface area contributed by atoms with Crippen molar-refractivity contribution in [2.75, 3.05) is 27.4 Å². The Kier molecular flexibility index (Phi) is 18.9. The molecule has 0 spiro atoms. The SMILES string of the molecule is COCCCOc1cc(C[C@@H](C[C@H](N)[C@@H](O)C[C@H](C(=O)N[C@H](CC(N)=O)C(C)C)C(C)C)C(C)C)ccc1OC.Cl. The first-order chi connectivity index (χ1) is 18.8. The minimum Gasteiger partial charge on any atom is -0.493 e. The van der Waals surface area contributed by atoms with Gasteiger partial charge in [0.25, 0.3) is 0 Å². The average molecular weight is 602 g/mol. The summed E-state index contributed by atoms with van der Waals surface area (Å²) in [7, 11) is 3.29. The van der Waals surface area contributed by atoms with Crippen LogP contribution in [0.4, 0.5) is 0 Å². The van der Waals surface area contributed by atoms with Crippen molar-refractivity contribution in [1.82, 2.24) is 5.32 Å². The number of nitrogens with two attached hydrogens (primary N) is 2. The van der Waals surface area contributed by atoms with Crippen molar-refractivity contribution in [3.8, 4) is 11.5 Å². The van der Waals surface area contributed by atoms with Crippen LogP contribution in [0.3, 0.4) is 0 Å². The molecule has 0 aliphatic carbocycles. The second kappa shape index (κ2) is 19.9. The molecule has 0 aliphatic rings. The van der Waals surface area contributed by atoms with Gasteiger partial charge < -0.3 is 36.1 Å². The molecule has 1 aromatic rings. The van der Waals surface area contributed by atoms with Gasteiger partial charge in [-0.15, -0.1) is 12.4 Å². The summed E-state index contributed by atoms with van der Waals surface area (Å²) in [6.45, 7) is 13.3. The third kappa shape index (κ3) is 14.1. The maximum absolute atomic E-state index is 13.2. The summed E-state index contributed by atoms with van der Waals surface area (Å²) in [6, 6.07) is 5.13. The van der Waals surface area contributed by atoms with Crippen molar-refractivity contribution in [1.29, 1.82) is 0 Å². The van der Waals surface area contributed by atoms with Crippen molar-refractivity contribution in [3.63, 3.8) is 0 Å². The number of aliphatic hydroxyl groups is 1. The molecule has 2 amide bonds. The first kappa shape index (κ1) is 38.9. The number of primary amides is 1. The molecule has 0 saturated heterocycles. The molecule has 6 N–H and O–H groups in total. The van der Waals surface area contributed by atoms with E-state index < -0.39 is 24.0 Å². The molecular formula is C31H56ClN3O6. The van der Waals surface area contributed by atoms with Crippen LogP contribution < -0.4 is 26.3 Å². The van der Waals surface area contributed by atoms with E-state index in [1.54, 1.807) is 14.2 Å². The molecule has 0 unspecified atom stereocenters. The van der Waals surface area contributed by atoms with E-state index in [4.69, 9.17) is 25.7 Å². The zero-order chi connectivity index (χ0) is 30.4. The van der Waals surface area contributed by atoms with Crippen LogP contribution in [0.1, 0.15) is 72.8 Å². The zero-order valence-electron chi connectivity index (χ0n) is 26.4. The van der Waals surface area contributed by atoms with E-state index in [1.807, 2.05) is 45.9 Å². The molecule has 238 valence electrons. The highest BCUT2D eigenvalue weighted by atomic mass is 35.5. The van der Waals surface area contributed by atoms with E-state index in [1.165, 1.54) is 0 Å². The number of aliphatic hydroxyl groups excluding tert-OH is 1. The van der Waals surface area contributed by atoms with E-state index in [-0.39, 0.29) is 55.0 Å². The Bertz CT molecular complexity index is 899. The van der Waals surface area contributed by atoms with Crippen LogP contribution in [0, 0.1) is 29.6 Å². The van der Waals surface area contributed by atoms with Crippen LogP contribution in [0.5, 0.6) is 11.5 Å². The number of halogens is 1.